The van der Waals surface area contributed by atoms with Gasteiger partial charge in [0.1, 0.15) is 35.5 Å². The number of nitrogens with zero attached hydrogens (tertiary/aromatic N) is 1. The smallest absolute Gasteiger partial charge is 0.410 e. The van der Waals surface area contributed by atoms with Crippen LogP contribution in [-0.4, -0.2) is 106 Å². The number of halogens is 1. The van der Waals surface area contributed by atoms with Gasteiger partial charge in [0.25, 0.3) is 11.8 Å². The Morgan fingerprint density at radius 3 is 2.28 bits per heavy atom. The number of esters is 2. The van der Waals surface area contributed by atoms with Crippen LogP contribution in [0.2, 0.25) is 19.6 Å². The second-order valence-electron chi connectivity index (χ2n) is 15.3. The summed E-state index contributed by atoms with van der Waals surface area (Å²) in [5, 5.41) is 6.33. The molecule has 2 fully saturated rings. The number of ketones is 1. The number of Topliss-reactive ketones (excluding diaryl/α,β-unsaturated/α-hetero) is 1. The average molecular weight is 883 g/mol. The minimum Gasteiger partial charge on any atom is -0.497 e. The Morgan fingerprint density at radius 1 is 0.983 bits per heavy atom. The number of benzene rings is 3. The first-order valence-corrected chi connectivity index (χ1v) is 22.7. The summed E-state index contributed by atoms with van der Waals surface area (Å²) in [6.45, 7) is 11.4. The van der Waals surface area contributed by atoms with Crippen LogP contribution in [0.15, 0.2) is 70.8 Å². The van der Waals surface area contributed by atoms with Crippen LogP contribution in [-0.2, 0) is 49.2 Å². The number of epoxide rings is 1. The van der Waals surface area contributed by atoms with Gasteiger partial charge < -0.3 is 38.7 Å². The molecule has 2 saturated heterocycles. The fraction of sp³-hybridized carbons (Fsp3) is 0.415. The van der Waals surface area contributed by atoms with Crippen molar-refractivity contribution < 1.29 is 56.9 Å². The lowest BCUT2D eigenvalue weighted by Crippen LogP contribution is -2.50. The van der Waals surface area contributed by atoms with E-state index in [1.54, 1.807) is 25.1 Å². The SMILES string of the molecule is COc1cc(C(=O)O[C@H](C(=O)N/C(C(=O)NCC(C)=O)=C(\Br)[C@H](OC(C)=O)[C@H](O[Si](C)(C)C)[C@@H]2CN2C(=O)OCc2ccccc2)[C@]2(C)CO2)c2cccc(C)c2c1. The molecular formula is C41H48BrN3O12Si. The molecule has 0 unspecified atom stereocenters. The molecule has 0 saturated carbocycles. The Hall–Kier alpha value is -5.10. The number of aryl methyl sites for hydroxylation is 1. The molecule has 0 aliphatic carbocycles. The third-order valence-electron chi connectivity index (χ3n) is 9.27. The predicted molar refractivity (Wildman–Crippen MR) is 217 cm³/mol. The fourth-order valence-corrected chi connectivity index (χ4v) is 7.91. The number of rotatable bonds is 17. The number of carbonyl (C=O) groups excluding carboxylic acids is 6. The van der Waals surface area contributed by atoms with E-state index in [4.69, 9.17) is 28.1 Å². The highest BCUT2D eigenvalue weighted by Crippen LogP contribution is 2.37. The second-order valence-corrected chi connectivity index (χ2v) is 20.6. The largest absolute Gasteiger partial charge is 0.497 e. The molecule has 17 heteroatoms. The summed E-state index contributed by atoms with van der Waals surface area (Å²) >= 11 is 3.44. The van der Waals surface area contributed by atoms with Crippen LogP contribution in [0.25, 0.3) is 10.8 Å². The van der Waals surface area contributed by atoms with Crippen LogP contribution in [0.3, 0.4) is 0 Å². The van der Waals surface area contributed by atoms with E-state index in [1.165, 1.54) is 25.0 Å². The molecule has 0 bridgehead atoms. The molecule has 0 radical (unpaired) electrons. The van der Waals surface area contributed by atoms with E-state index in [0.717, 1.165) is 23.4 Å². The molecule has 5 atom stereocenters. The van der Waals surface area contributed by atoms with Crippen LogP contribution in [0.1, 0.15) is 42.3 Å². The summed E-state index contributed by atoms with van der Waals surface area (Å²) < 4.78 is 34.7. The predicted octanol–water partition coefficient (Wildman–Crippen LogP) is 5.07. The number of amides is 3. The zero-order valence-electron chi connectivity index (χ0n) is 33.6. The van der Waals surface area contributed by atoms with Crippen molar-refractivity contribution in [1.82, 2.24) is 15.5 Å². The van der Waals surface area contributed by atoms with Gasteiger partial charge in [0.15, 0.2) is 14.4 Å². The van der Waals surface area contributed by atoms with Gasteiger partial charge in [0.2, 0.25) is 6.10 Å². The first-order valence-electron chi connectivity index (χ1n) is 18.5. The average Bonchev–Trinajstić information content (AvgIpc) is 4.12. The maximum absolute atomic E-state index is 14.3. The number of hydrogen-bond donors (Lipinski definition) is 2. The minimum absolute atomic E-state index is 0.0218. The van der Waals surface area contributed by atoms with Gasteiger partial charge in [0, 0.05) is 13.5 Å². The van der Waals surface area contributed by atoms with Gasteiger partial charge >= 0.3 is 18.0 Å². The zero-order valence-corrected chi connectivity index (χ0v) is 36.2. The topological polar surface area (TPSA) is 188 Å². The van der Waals surface area contributed by atoms with Gasteiger partial charge in [-0.2, -0.15) is 0 Å². The van der Waals surface area contributed by atoms with Crippen LogP contribution in [0.4, 0.5) is 4.79 Å². The summed E-state index contributed by atoms with van der Waals surface area (Å²) in [6, 6.07) is 17.2. The van der Waals surface area contributed by atoms with E-state index in [9.17, 15) is 28.8 Å². The van der Waals surface area contributed by atoms with Crippen molar-refractivity contribution in [1.29, 1.82) is 0 Å². The summed E-state index contributed by atoms with van der Waals surface area (Å²) in [5.74, 6) is -3.50. The Balaban J connectivity index is 1.50. The molecule has 2 aliphatic heterocycles. The van der Waals surface area contributed by atoms with Gasteiger partial charge in [-0.25, -0.2) is 9.59 Å². The molecular weight excluding hydrogens is 834 g/mol. The van der Waals surface area contributed by atoms with Gasteiger partial charge in [-0.05, 0) is 90.4 Å². The highest BCUT2D eigenvalue weighted by molar-refractivity contribution is 9.11. The van der Waals surface area contributed by atoms with Crippen molar-refractivity contribution in [2.24, 2.45) is 0 Å². The number of nitrogens with one attached hydrogen (secondary N) is 2. The monoisotopic (exact) mass is 881 g/mol. The van der Waals surface area contributed by atoms with E-state index in [-0.39, 0.29) is 35.6 Å². The molecule has 3 aromatic carbocycles. The molecule has 3 amide bonds. The molecule has 58 heavy (non-hydrogen) atoms. The molecule has 2 aliphatic rings. The zero-order chi connectivity index (χ0) is 42.5. The standard InChI is InChI=1S/C41H48BrN3O12Si/c1-23-13-12-16-28-29(23)17-27(52-5)18-30(28)39(50)56-36(41(4)22-54-41)38(49)44-33(37(48)43-19-24(2)46)32(42)35(55-25(3)47)34(57-58(6,7)8)31-20-45(31)40(51)53-21-26-14-10-9-11-15-26/h9-18,31,34-36H,19-22H2,1-8H3,(H,43,48)(H,44,49)/b33-32-/t31-,34+,35-,36+,41-,45?/m0/s1. The number of carbonyl (C=O) groups is 6. The lowest BCUT2D eigenvalue weighted by molar-refractivity contribution is -0.148. The van der Waals surface area contributed by atoms with Crippen molar-refractivity contribution in [2.75, 3.05) is 26.8 Å². The van der Waals surface area contributed by atoms with Crippen molar-refractivity contribution in [3.05, 3.63) is 87.5 Å². The van der Waals surface area contributed by atoms with Crippen molar-refractivity contribution >= 4 is 70.6 Å². The number of hydrogen-bond acceptors (Lipinski definition) is 12. The molecule has 3 aromatic rings. The second kappa shape index (κ2) is 18.2. The summed E-state index contributed by atoms with van der Waals surface area (Å²) in [5.41, 5.74) is 0.0594. The van der Waals surface area contributed by atoms with Crippen LogP contribution >= 0.6 is 15.9 Å². The molecule has 15 nitrogen and oxygen atoms in total. The van der Waals surface area contributed by atoms with E-state index in [1.807, 2.05) is 63.0 Å². The molecule has 5 rings (SSSR count). The normalized spacial score (nSPS) is 19.1. The summed E-state index contributed by atoms with van der Waals surface area (Å²) in [7, 11) is -1.04. The van der Waals surface area contributed by atoms with Crippen LogP contribution < -0.4 is 15.4 Å². The highest BCUT2D eigenvalue weighted by atomic mass is 79.9. The highest BCUT2D eigenvalue weighted by Gasteiger charge is 2.55. The minimum atomic E-state index is -2.51. The van der Waals surface area contributed by atoms with E-state index < -0.39 is 80.4 Å². The van der Waals surface area contributed by atoms with Crippen molar-refractivity contribution in [2.45, 2.75) is 83.9 Å². The van der Waals surface area contributed by atoms with Crippen molar-refractivity contribution in [3.63, 3.8) is 0 Å². The molecule has 0 spiro atoms. The van der Waals surface area contributed by atoms with E-state index in [0.29, 0.717) is 11.1 Å². The lowest BCUT2D eigenvalue weighted by atomic mass is 9.99. The van der Waals surface area contributed by atoms with Gasteiger partial charge in [0.05, 0.1) is 36.3 Å². The lowest BCUT2D eigenvalue weighted by Gasteiger charge is -2.33. The fourth-order valence-electron chi connectivity index (χ4n) is 6.18. The first kappa shape index (κ1) is 44.0. The summed E-state index contributed by atoms with van der Waals surface area (Å²) in [4.78, 5) is 81.5. The number of ether oxygens (including phenoxy) is 5. The van der Waals surface area contributed by atoms with Gasteiger partial charge in [-0.3, -0.25) is 24.1 Å². The molecule has 2 N–H and O–H groups in total. The van der Waals surface area contributed by atoms with Crippen LogP contribution in [0, 0.1) is 6.92 Å². The third-order valence-corrected chi connectivity index (χ3v) is 11.1. The van der Waals surface area contributed by atoms with Gasteiger partial charge in [-0.15, -0.1) is 0 Å². The first-order chi connectivity index (χ1) is 27.3. The maximum Gasteiger partial charge on any atom is 0.410 e. The van der Waals surface area contributed by atoms with E-state index in [2.05, 4.69) is 26.6 Å². The van der Waals surface area contributed by atoms with Crippen molar-refractivity contribution in [3.8, 4) is 5.75 Å². The van der Waals surface area contributed by atoms with Crippen LogP contribution in [0.5, 0.6) is 5.75 Å². The van der Waals surface area contributed by atoms with E-state index >= 15 is 0 Å². The molecule has 310 valence electrons. The quantitative estimate of drug-likeness (QED) is 0.0604. The number of methoxy groups -OCH3 is 1. The summed E-state index contributed by atoms with van der Waals surface area (Å²) in [6.07, 6.45) is -4.68. The maximum atomic E-state index is 14.3. The third kappa shape index (κ3) is 11.1. The Labute approximate surface area is 345 Å². The van der Waals surface area contributed by atoms with Gasteiger partial charge in [-0.1, -0.05) is 48.5 Å². The Kier molecular flexibility index (Phi) is 13.8. The molecule has 0 aromatic heterocycles. The molecule has 2 heterocycles. The number of fused-ring (bicyclic) bond motifs is 1. The Bertz CT molecular complexity index is 2120. The Morgan fingerprint density at radius 2 is 1.67 bits per heavy atom.